The highest BCUT2D eigenvalue weighted by Gasteiger charge is 2.32. The first-order valence-electron chi connectivity index (χ1n) is 8.94. The molecule has 0 spiro atoms. The van der Waals surface area contributed by atoms with Crippen LogP contribution in [0, 0.1) is 0 Å². The topological polar surface area (TPSA) is 283 Å². The molecule has 0 bridgehead atoms. The number of carbonyl (C=O) groups is 7. The molecule has 0 fully saturated rings. The number of carboxylic acids is 4. The van der Waals surface area contributed by atoms with Crippen molar-refractivity contribution in [3.63, 3.8) is 0 Å². The fourth-order valence-corrected chi connectivity index (χ4v) is 2.19. The van der Waals surface area contributed by atoms with Crippen molar-refractivity contribution in [1.82, 2.24) is 16.0 Å². The number of aliphatic hydroxyl groups is 1. The summed E-state index contributed by atoms with van der Waals surface area (Å²) in [5.74, 6) is -9.72. The molecule has 0 aromatic rings. The molecule has 16 heteroatoms. The molecule has 180 valence electrons. The number of nitrogens with one attached hydrogen (secondary N) is 3. The van der Waals surface area contributed by atoms with Gasteiger partial charge in [0.05, 0.1) is 25.5 Å². The van der Waals surface area contributed by atoms with Crippen molar-refractivity contribution < 1.29 is 59.1 Å². The number of aliphatic hydroxyl groups excluding tert-OH is 1. The SMILES string of the molecule is NC(CCC(=O)O)C(=O)NC(CC(=O)O)C(=O)NC(CC(=O)O)C(=O)NC(CO)C(=O)O. The molecule has 4 unspecified atom stereocenters. The second kappa shape index (κ2) is 13.5. The Morgan fingerprint density at radius 2 is 1.06 bits per heavy atom. The summed E-state index contributed by atoms with van der Waals surface area (Å²) in [6.45, 7) is -1.04. The molecule has 0 saturated heterocycles. The first-order chi connectivity index (χ1) is 14.8. The summed E-state index contributed by atoms with van der Waals surface area (Å²) in [5.41, 5.74) is 5.48. The second-order valence-corrected chi connectivity index (χ2v) is 6.44. The maximum absolute atomic E-state index is 12.4. The lowest BCUT2D eigenvalue weighted by Gasteiger charge is -2.23. The van der Waals surface area contributed by atoms with Crippen molar-refractivity contribution in [2.75, 3.05) is 6.61 Å². The van der Waals surface area contributed by atoms with Crippen LogP contribution in [0.1, 0.15) is 25.7 Å². The Balaban J connectivity index is 5.43. The number of carbonyl (C=O) groups excluding carboxylic acids is 3. The van der Waals surface area contributed by atoms with E-state index >= 15 is 0 Å². The van der Waals surface area contributed by atoms with Gasteiger partial charge < -0.3 is 47.2 Å². The molecule has 0 saturated carbocycles. The minimum Gasteiger partial charge on any atom is -0.481 e. The molecule has 3 amide bonds. The van der Waals surface area contributed by atoms with Crippen LogP contribution in [-0.4, -0.2) is 97.9 Å². The molecule has 0 rings (SSSR count). The predicted octanol–water partition coefficient (Wildman–Crippen LogP) is -4.34. The van der Waals surface area contributed by atoms with Gasteiger partial charge in [0.25, 0.3) is 0 Å². The molecule has 16 nitrogen and oxygen atoms in total. The minimum absolute atomic E-state index is 0.329. The Morgan fingerprint density at radius 3 is 1.41 bits per heavy atom. The molecule has 0 aromatic heterocycles. The van der Waals surface area contributed by atoms with Crippen LogP contribution in [0.25, 0.3) is 0 Å². The summed E-state index contributed by atoms with van der Waals surface area (Å²) in [7, 11) is 0. The maximum atomic E-state index is 12.4. The third-order valence-electron chi connectivity index (χ3n) is 3.83. The summed E-state index contributed by atoms with van der Waals surface area (Å²) < 4.78 is 0. The van der Waals surface area contributed by atoms with Crippen molar-refractivity contribution in [2.24, 2.45) is 5.73 Å². The lowest BCUT2D eigenvalue weighted by molar-refractivity contribution is -0.145. The Hall–Kier alpha value is -3.79. The summed E-state index contributed by atoms with van der Waals surface area (Å²) in [5, 5.41) is 49.9. The molecule has 4 atom stereocenters. The summed E-state index contributed by atoms with van der Waals surface area (Å²) >= 11 is 0. The standard InChI is InChI=1S/C16H24N4O12/c17-6(1-2-10(22)23)13(28)18-7(3-11(24)25)14(29)19-8(4-12(26)27)15(30)20-9(5-21)16(31)32/h6-9,21H,1-5,17H2,(H,18,28)(H,19,29)(H,20,30)(H,22,23)(H,24,25)(H,26,27)(H,31,32). The van der Waals surface area contributed by atoms with Crippen LogP contribution in [0.2, 0.25) is 0 Å². The van der Waals surface area contributed by atoms with Crippen LogP contribution in [0.3, 0.4) is 0 Å². The summed E-state index contributed by atoms with van der Waals surface area (Å²) in [6, 6.07) is -6.93. The van der Waals surface area contributed by atoms with E-state index in [9.17, 15) is 33.6 Å². The lowest BCUT2D eigenvalue weighted by atomic mass is 10.1. The maximum Gasteiger partial charge on any atom is 0.328 e. The van der Waals surface area contributed by atoms with Gasteiger partial charge in [-0.05, 0) is 6.42 Å². The first kappa shape index (κ1) is 28.2. The van der Waals surface area contributed by atoms with Crippen LogP contribution in [0.15, 0.2) is 0 Å². The fourth-order valence-electron chi connectivity index (χ4n) is 2.19. The van der Waals surface area contributed by atoms with E-state index in [0.717, 1.165) is 0 Å². The largest absolute Gasteiger partial charge is 0.481 e. The minimum atomic E-state index is -1.89. The molecule has 0 aliphatic heterocycles. The van der Waals surface area contributed by atoms with Crippen LogP contribution in [-0.2, 0) is 33.6 Å². The number of aliphatic carboxylic acids is 4. The highest BCUT2D eigenvalue weighted by Crippen LogP contribution is 2.02. The Labute approximate surface area is 179 Å². The molecule has 0 aromatic carbocycles. The Bertz CT molecular complexity index is 755. The molecule has 0 heterocycles. The van der Waals surface area contributed by atoms with Crippen LogP contribution in [0.4, 0.5) is 0 Å². The first-order valence-corrected chi connectivity index (χ1v) is 8.94. The van der Waals surface area contributed by atoms with Gasteiger partial charge >= 0.3 is 23.9 Å². The quantitative estimate of drug-likeness (QED) is 0.111. The van der Waals surface area contributed by atoms with Gasteiger partial charge in [-0.15, -0.1) is 0 Å². The number of rotatable bonds is 15. The van der Waals surface area contributed by atoms with Gasteiger partial charge in [0.15, 0.2) is 0 Å². The predicted molar refractivity (Wildman–Crippen MR) is 99.9 cm³/mol. The monoisotopic (exact) mass is 464 g/mol. The van der Waals surface area contributed by atoms with Crippen molar-refractivity contribution in [2.45, 2.75) is 49.9 Å². The molecule has 32 heavy (non-hydrogen) atoms. The zero-order valence-electron chi connectivity index (χ0n) is 16.5. The highest BCUT2D eigenvalue weighted by atomic mass is 16.4. The van der Waals surface area contributed by atoms with Crippen LogP contribution >= 0.6 is 0 Å². The zero-order valence-corrected chi connectivity index (χ0v) is 16.5. The molecular formula is C16H24N4O12. The smallest absolute Gasteiger partial charge is 0.328 e. The van der Waals surface area contributed by atoms with E-state index < -0.39 is 91.6 Å². The third kappa shape index (κ3) is 10.8. The molecule has 0 radical (unpaired) electrons. The number of hydrogen-bond donors (Lipinski definition) is 9. The van der Waals surface area contributed by atoms with Gasteiger partial charge in [0.1, 0.15) is 18.1 Å². The van der Waals surface area contributed by atoms with Gasteiger partial charge in [0.2, 0.25) is 17.7 Å². The zero-order chi connectivity index (χ0) is 25.0. The van der Waals surface area contributed by atoms with Crippen LogP contribution < -0.4 is 21.7 Å². The van der Waals surface area contributed by atoms with Crippen molar-refractivity contribution >= 4 is 41.6 Å². The van der Waals surface area contributed by atoms with Gasteiger partial charge in [-0.1, -0.05) is 0 Å². The Morgan fingerprint density at radius 1 is 0.656 bits per heavy atom. The van der Waals surface area contributed by atoms with E-state index in [1.807, 2.05) is 10.6 Å². The van der Waals surface area contributed by atoms with Gasteiger partial charge in [0, 0.05) is 6.42 Å². The average molecular weight is 464 g/mol. The van der Waals surface area contributed by atoms with Crippen molar-refractivity contribution in [1.29, 1.82) is 0 Å². The van der Waals surface area contributed by atoms with Gasteiger partial charge in [-0.3, -0.25) is 28.8 Å². The number of hydrogen-bond acceptors (Lipinski definition) is 9. The number of amides is 3. The van der Waals surface area contributed by atoms with Crippen LogP contribution in [0.5, 0.6) is 0 Å². The van der Waals surface area contributed by atoms with Crippen molar-refractivity contribution in [3.8, 4) is 0 Å². The molecule has 10 N–H and O–H groups in total. The van der Waals surface area contributed by atoms with E-state index in [4.69, 9.17) is 31.3 Å². The van der Waals surface area contributed by atoms with E-state index in [-0.39, 0.29) is 6.42 Å². The second-order valence-electron chi connectivity index (χ2n) is 6.44. The summed E-state index contributed by atoms with van der Waals surface area (Å²) in [4.78, 5) is 80.1. The summed E-state index contributed by atoms with van der Waals surface area (Å²) in [6.07, 6.45) is -2.86. The third-order valence-corrected chi connectivity index (χ3v) is 3.83. The van der Waals surface area contributed by atoms with Gasteiger partial charge in [-0.25, -0.2) is 4.79 Å². The molecular weight excluding hydrogens is 440 g/mol. The fraction of sp³-hybridized carbons (Fsp3) is 0.562. The number of nitrogens with two attached hydrogens (primary N) is 1. The van der Waals surface area contributed by atoms with Crippen molar-refractivity contribution in [3.05, 3.63) is 0 Å². The highest BCUT2D eigenvalue weighted by molar-refractivity contribution is 5.96. The van der Waals surface area contributed by atoms with E-state index in [1.54, 1.807) is 5.32 Å². The lowest BCUT2D eigenvalue weighted by Crippen LogP contribution is -2.58. The Kier molecular flexibility index (Phi) is 11.9. The average Bonchev–Trinajstić information content (AvgIpc) is 2.67. The normalized spacial score (nSPS) is 14.2. The number of carboxylic acid groups (broad SMARTS) is 4. The van der Waals surface area contributed by atoms with E-state index in [2.05, 4.69) is 0 Å². The van der Waals surface area contributed by atoms with Gasteiger partial charge in [-0.2, -0.15) is 0 Å². The van der Waals surface area contributed by atoms with E-state index in [1.165, 1.54) is 0 Å². The van der Waals surface area contributed by atoms with E-state index in [0.29, 0.717) is 0 Å². The molecule has 0 aliphatic rings. The molecule has 0 aliphatic carbocycles.